The predicted octanol–water partition coefficient (Wildman–Crippen LogP) is 4.75. The van der Waals surface area contributed by atoms with Crippen LogP contribution in [0.2, 0.25) is 0 Å². The Morgan fingerprint density at radius 2 is 1.88 bits per heavy atom. The zero-order chi connectivity index (χ0) is 23.8. The van der Waals surface area contributed by atoms with Crippen molar-refractivity contribution in [2.24, 2.45) is 0 Å². The van der Waals surface area contributed by atoms with Crippen molar-refractivity contribution >= 4 is 22.9 Å². The van der Waals surface area contributed by atoms with Gasteiger partial charge in [0, 0.05) is 36.3 Å². The Morgan fingerprint density at radius 1 is 1.09 bits per heavy atom. The molecule has 1 aliphatic heterocycles. The number of rotatable bonds is 9. The Morgan fingerprint density at radius 3 is 2.68 bits per heavy atom. The van der Waals surface area contributed by atoms with E-state index in [1.54, 1.807) is 26.4 Å². The first-order valence-electron chi connectivity index (χ1n) is 11.8. The minimum absolute atomic E-state index is 0.0781. The van der Waals surface area contributed by atoms with E-state index in [4.69, 9.17) is 9.47 Å². The number of nitrogens with zero attached hydrogens (tertiary/aromatic N) is 1. The van der Waals surface area contributed by atoms with Crippen LogP contribution in [0.4, 0.5) is 0 Å². The van der Waals surface area contributed by atoms with Crippen LogP contribution in [0.5, 0.6) is 11.5 Å². The Balaban J connectivity index is 1.17. The molecule has 3 aromatic rings. The molecule has 0 saturated carbocycles. The van der Waals surface area contributed by atoms with Crippen LogP contribution in [0.1, 0.15) is 29.9 Å². The van der Waals surface area contributed by atoms with Gasteiger partial charge in [-0.25, -0.2) is 0 Å². The lowest BCUT2D eigenvalue weighted by molar-refractivity contribution is -0.116. The van der Waals surface area contributed by atoms with Crippen molar-refractivity contribution < 1.29 is 14.3 Å². The molecule has 1 fully saturated rings. The van der Waals surface area contributed by atoms with Crippen LogP contribution >= 0.6 is 0 Å². The van der Waals surface area contributed by atoms with E-state index >= 15 is 0 Å². The quantitative estimate of drug-likeness (QED) is 0.358. The van der Waals surface area contributed by atoms with E-state index in [2.05, 4.69) is 45.7 Å². The van der Waals surface area contributed by atoms with Crippen LogP contribution in [-0.2, 0) is 4.79 Å². The van der Waals surface area contributed by atoms with E-state index in [-0.39, 0.29) is 5.91 Å². The van der Waals surface area contributed by atoms with E-state index in [1.165, 1.54) is 16.5 Å². The lowest BCUT2D eigenvalue weighted by atomic mass is 9.89. The van der Waals surface area contributed by atoms with Gasteiger partial charge >= 0.3 is 0 Å². The van der Waals surface area contributed by atoms with Crippen LogP contribution in [0.25, 0.3) is 17.0 Å². The van der Waals surface area contributed by atoms with Crippen molar-refractivity contribution in [3.63, 3.8) is 0 Å². The van der Waals surface area contributed by atoms with Crippen molar-refractivity contribution in [1.29, 1.82) is 0 Å². The maximum Gasteiger partial charge on any atom is 0.244 e. The van der Waals surface area contributed by atoms with Gasteiger partial charge in [-0.15, -0.1) is 0 Å². The van der Waals surface area contributed by atoms with Gasteiger partial charge in [-0.1, -0.05) is 42.5 Å². The number of methoxy groups -OCH3 is 2. The van der Waals surface area contributed by atoms with Gasteiger partial charge in [0.1, 0.15) is 0 Å². The summed E-state index contributed by atoms with van der Waals surface area (Å²) in [5.74, 6) is 1.89. The molecule has 0 radical (unpaired) electrons. The number of aromatic amines is 1. The fourth-order valence-electron chi connectivity index (χ4n) is 4.56. The standard InChI is InChI=1S/C28H33N3O3/c1-33-26-12-11-21(19-27(26)34-2)7-3-6-10-28(32)29-15-18-31-16-13-22(14-17-31)24-20-30-25-9-5-4-8-23(24)25/h3-12,19-20,22,30H,13-18H2,1-2H3,(H,29,32)/b7-3+,10-6+. The fraction of sp³-hybridized carbons (Fsp3) is 0.321. The van der Waals surface area contributed by atoms with Crippen LogP contribution < -0.4 is 14.8 Å². The van der Waals surface area contributed by atoms with E-state index in [0.717, 1.165) is 38.0 Å². The van der Waals surface area contributed by atoms with E-state index < -0.39 is 0 Å². The third-order valence-electron chi connectivity index (χ3n) is 6.43. The van der Waals surface area contributed by atoms with Crippen LogP contribution in [-0.4, -0.2) is 56.2 Å². The van der Waals surface area contributed by atoms with Gasteiger partial charge < -0.3 is 24.7 Å². The second-order valence-corrected chi connectivity index (χ2v) is 8.53. The first kappa shape index (κ1) is 23.6. The number of para-hydroxylation sites is 1. The van der Waals surface area contributed by atoms with Gasteiger partial charge in [-0.3, -0.25) is 4.79 Å². The summed E-state index contributed by atoms with van der Waals surface area (Å²) < 4.78 is 10.6. The van der Waals surface area contributed by atoms with Gasteiger partial charge in [0.2, 0.25) is 5.91 Å². The molecule has 6 heteroatoms. The van der Waals surface area contributed by atoms with Gasteiger partial charge in [0.15, 0.2) is 11.5 Å². The number of amides is 1. The normalized spacial score (nSPS) is 15.4. The number of carbonyl (C=O) groups is 1. The number of fused-ring (bicyclic) bond motifs is 1. The summed E-state index contributed by atoms with van der Waals surface area (Å²) in [4.78, 5) is 18.0. The van der Waals surface area contributed by atoms with Crippen LogP contribution in [0.3, 0.4) is 0 Å². The smallest absolute Gasteiger partial charge is 0.244 e. The minimum Gasteiger partial charge on any atom is -0.493 e. The number of piperidine rings is 1. The lowest BCUT2D eigenvalue weighted by Gasteiger charge is -2.31. The lowest BCUT2D eigenvalue weighted by Crippen LogP contribution is -2.38. The van der Waals surface area contributed by atoms with E-state index in [1.807, 2.05) is 30.4 Å². The van der Waals surface area contributed by atoms with Crippen molar-refractivity contribution in [2.45, 2.75) is 18.8 Å². The number of nitrogens with one attached hydrogen (secondary N) is 2. The average Bonchev–Trinajstić information content (AvgIpc) is 3.31. The highest BCUT2D eigenvalue weighted by atomic mass is 16.5. The Kier molecular flexibility index (Phi) is 8.04. The van der Waals surface area contributed by atoms with E-state index in [0.29, 0.717) is 24.0 Å². The third kappa shape index (κ3) is 5.88. The summed E-state index contributed by atoms with van der Waals surface area (Å²) in [5, 5.41) is 4.33. The molecule has 6 nitrogen and oxygen atoms in total. The maximum absolute atomic E-state index is 12.1. The second kappa shape index (κ2) is 11.6. The molecule has 1 saturated heterocycles. The van der Waals surface area contributed by atoms with Gasteiger partial charge in [0.05, 0.1) is 14.2 Å². The molecule has 1 amide bonds. The number of benzene rings is 2. The summed E-state index contributed by atoms with van der Waals surface area (Å²) >= 11 is 0. The summed E-state index contributed by atoms with van der Waals surface area (Å²) in [6.07, 6.45) is 11.5. The Bertz CT molecular complexity index is 1160. The van der Waals surface area contributed by atoms with Crippen molar-refractivity contribution in [3.05, 3.63) is 78.0 Å². The number of hydrogen-bond donors (Lipinski definition) is 2. The fourth-order valence-corrected chi connectivity index (χ4v) is 4.56. The molecule has 0 atom stereocenters. The molecule has 2 aromatic carbocycles. The van der Waals surface area contributed by atoms with Crippen molar-refractivity contribution in [1.82, 2.24) is 15.2 Å². The first-order valence-corrected chi connectivity index (χ1v) is 11.8. The highest BCUT2D eigenvalue weighted by Gasteiger charge is 2.22. The SMILES string of the molecule is COc1ccc(/C=C/C=C/C(=O)NCCN2CCC(c3c[nH]c4ccccc34)CC2)cc1OC. The number of hydrogen-bond acceptors (Lipinski definition) is 4. The average molecular weight is 460 g/mol. The zero-order valence-corrected chi connectivity index (χ0v) is 19.9. The number of allylic oxidation sites excluding steroid dienone is 2. The molecular weight excluding hydrogens is 426 g/mol. The molecule has 0 unspecified atom stereocenters. The molecule has 178 valence electrons. The Labute approximate surface area is 201 Å². The third-order valence-corrected chi connectivity index (χ3v) is 6.43. The molecule has 4 rings (SSSR count). The second-order valence-electron chi connectivity index (χ2n) is 8.53. The number of ether oxygens (including phenoxy) is 2. The molecule has 0 spiro atoms. The molecule has 1 aromatic heterocycles. The molecule has 2 N–H and O–H groups in total. The topological polar surface area (TPSA) is 66.6 Å². The number of carbonyl (C=O) groups excluding carboxylic acids is 1. The van der Waals surface area contributed by atoms with Gasteiger partial charge in [-0.2, -0.15) is 0 Å². The zero-order valence-electron chi connectivity index (χ0n) is 19.9. The monoisotopic (exact) mass is 459 g/mol. The van der Waals surface area contributed by atoms with Crippen molar-refractivity contribution in [2.75, 3.05) is 40.4 Å². The van der Waals surface area contributed by atoms with Gasteiger partial charge in [0.25, 0.3) is 0 Å². The highest BCUT2D eigenvalue weighted by molar-refractivity contribution is 5.87. The summed E-state index contributed by atoms with van der Waals surface area (Å²) in [6, 6.07) is 14.2. The molecule has 34 heavy (non-hydrogen) atoms. The van der Waals surface area contributed by atoms with E-state index in [9.17, 15) is 4.79 Å². The summed E-state index contributed by atoms with van der Waals surface area (Å²) in [7, 11) is 3.23. The Hall–Kier alpha value is -3.51. The maximum atomic E-state index is 12.1. The van der Waals surface area contributed by atoms with Crippen LogP contribution in [0, 0.1) is 0 Å². The molecular formula is C28H33N3O3. The largest absolute Gasteiger partial charge is 0.493 e. The summed E-state index contributed by atoms with van der Waals surface area (Å²) in [5.41, 5.74) is 3.63. The molecule has 0 aliphatic carbocycles. The molecule has 2 heterocycles. The number of H-pyrrole nitrogens is 1. The minimum atomic E-state index is -0.0781. The van der Waals surface area contributed by atoms with Crippen molar-refractivity contribution in [3.8, 4) is 11.5 Å². The predicted molar refractivity (Wildman–Crippen MR) is 137 cm³/mol. The first-order chi connectivity index (χ1) is 16.7. The molecule has 1 aliphatic rings. The molecule has 0 bridgehead atoms. The summed E-state index contributed by atoms with van der Waals surface area (Å²) in [6.45, 7) is 3.65. The van der Waals surface area contributed by atoms with Gasteiger partial charge in [-0.05, 0) is 61.2 Å². The number of aromatic nitrogens is 1. The number of likely N-dealkylation sites (tertiary alicyclic amines) is 1. The highest BCUT2D eigenvalue weighted by Crippen LogP contribution is 2.33. The van der Waals surface area contributed by atoms with Crippen LogP contribution in [0.15, 0.2) is 66.9 Å².